The molecule has 1 aliphatic heterocycles. The molecule has 1 amide bonds. The summed E-state index contributed by atoms with van der Waals surface area (Å²) in [5, 5.41) is 0. The lowest BCUT2D eigenvalue weighted by atomic mass is 10.1. The quantitative estimate of drug-likeness (QED) is 0.739. The van der Waals surface area contributed by atoms with E-state index >= 15 is 0 Å². The molecule has 15 heavy (non-hydrogen) atoms. The molecule has 0 saturated heterocycles. The predicted octanol–water partition coefficient (Wildman–Crippen LogP) is 1.02. The van der Waals surface area contributed by atoms with Crippen molar-refractivity contribution in [2.75, 3.05) is 0 Å². The second kappa shape index (κ2) is 2.83. The summed E-state index contributed by atoms with van der Waals surface area (Å²) < 4.78 is 0. The number of nitrogens with two attached hydrogens (primary N) is 1. The zero-order valence-electron chi connectivity index (χ0n) is 8.57. The van der Waals surface area contributed by atoms with E-state index in [1.165, 1.54) is 11.1 Å². The summed E-state index contributed by atoms with van der Waals surface area (Å²) in [5.41, 5.74) is 7.91. The summed E-state index contributed by atoms with van der Waals surface area (Å²) in [5.74, 6) is 0.124. The van der Waals surface area contributed by atoms with Gasteiger partial charge in [-0.25, -0.2) is 0 Å². The maximum Gasteiger partial charge on any atom is 0.243 e. The Hall–Kier alpha value is -1.35. The smallest absolute Gasteiger partial charge is 0.243 e. The van der Waals surface area contributed by atoms with Gasteiger partial charge in [0, 0.05) is 13.1 Å². The number of benzene rings is 1. The van der Waals surface area contributed by atoms with Gasteiger partial charge in [-0.15, -0.1) is 0 Å². The van der Waals surface area contributed by atoms with E-state index in [1.807, 2.05) is 17.0 Å². The van der Waals surface area contributed by atoms with Gasteiger partial charge in [0.1, 0.15) is 0 Å². The molecule has 0 atom stereocenters. The SMILES string of the molecule is NC1(C(=O)N2Cc3ccccc3C2)CC1. The van der Waals surface area contributed by atoms with Gasteiger partial charge in [0.05, 0.1) is 5.54 Å². The molecule has 1 aliphatic carbocycles. The van der Waals surface area contributed by atoms with Crippen LogP contribution >= 0.6 is 0 Å². The average molecular weight is 202 g/mol. The molecule has 1 aromatic rings. The minimum atomic E-state index is -0.526. The Labute approximate surface area is 88.9 Å². The standard InChI is InChI=1S/C12H14N2O/c13-12(5-6-12)11(15)14-7-9-3-1-2-4-10(9)8-14/h1-4H,5-8,13H2. The number of nitrogens with zero attached hydrogens (tertiary/aromatic N) is 1. The highest BCUT2D eigenvalue weighted by atomic mass is 16.2. The molecule has 2 aliphatic rings. The van der Waals surface area contributed by atoms with Crippen LogP contribution in [0.15, 0.2) is 24.3 Å². The molecule has 0 aromatic heterocycles. The Morgan fingerprint density at radius 1 is 1.20 bits per heavy atom. The lowest BCUT2D eigenvalue weighted by molar-refractivity contribution is -0.134. The predicted molar refractivity (Wildman–Crippen MR) is 56.8 cm³/mol. The molecule has 2 N–H and O–H groups in total. The Morgan fingerprint density at radius 2 is 1.73 bits per heavy atom. The Morgan fingerprint density at radius 3 is 2.20 bits per heavy atom. The zero-order valence-corrected chi connectivity index (χ0v) is 8.57. The summed E-state index contributed by atoms with van der Waals surface area (Å²) in [7, 11) is 0. The first-order valence-corrected chi connectivity index (χ1v) is 5.34. The number of fused-ring (bicyclic) bond motifs is 1. The fourth-order valence-electron chi connectivity index (χ4n) is 2.14. The van der Waals surface area contributed by atoms with Gasteiger partial charge in [-0.2, -0.15) is 0 Å². The first-order valence-electron chi connectivity index (χ1n) is 5.34. The van der Waals surface area contributed by atoms with Gasteiger partial charge in [0.15, 0.2) is 0 Å². The third kappa shape index (κ3) is 1.35. The summed E-state index contributed by atoms with van der Waals surface area (Å²) in [4.78, 5) is 13.9. The van der Waals surface area contributed by atoms with Gasteiger partial charge in [0.2, 0.25) is 5.91 Å². The van der Waals surface area contributed by atoms with E-state index in [2.05, 4.69) is 12.1 Å². The second-order valence-corrected chi connectivity index (χ2v) is 4.59. The molecule has 0 bridgehead atoms. The van der Waals surface area contributed by atoms with Crippen molar-refractivity contribution in [1.29, 1.82) is 0 Å². The maximum absolute atomic E-state index is 12.0. The molecule has 1 heterocycles. The van der Waals surface area contributed by atoms with Crippen LogP contribution in [0.4, 0.5) is 0 Å². The molecule has 1 aromatic carbocycles. The third-order valence-corrected chi connectivity index (χ3v) is 3.34. The number of hydrogen-bond acceptors (Lipinski definition) is 2. The number of carbonyl (C=O) groups excluding carboxylic acids is 1. The van der Waals surface area contributed by atoms with Crippen molar-refractivity contribution in [3.63, 3.8) is 0 Å². The van der Waals surface area contributed by atoms with Gasteiger partial charge < -0.3 is 10.6 Å². The molecule has 1 fully saturated rings. The number of rotatable bonds is 1. The minimum absolute atomic E-state index is 0.124. The van der Waals surface area contributed by atoms with Crippen LogP contribution in [0.2, 0.25) is 0 Å². The molecule has 3 nitrogen and oxygen atoms in total. The molecule has 0 unspecified atom stereocenters. The minimum Gasteiger partial charge on any atom is -0.332 e. The van der Waals surface area contributed by atoms with E-state index in [-0.39, 0.29) is 5.91 Å². The van der Waals surface area contributed by atoms with Crippen LogP contribution in [0.5, 0.6) is 0 Å². The van der Waals surface area contributed by atoms with Crippen LogP contribution in [0.3, 0.4) is 0 Å². The first kappa shape index (κ1) is 8.92. The van der Waals surface area contributed by atoms with Crippen molar-refractivity contribution >= 4 is 5.91 Å². The molecule has 0 spiro atoms. The molecular weight excluding hydrogens is 188 g/mol. The third-order valence-electron chi connectivity index (χ3n) is 3.34. The van der Waals surface area contributed by atoms with Crippen LogP contribution in [0, 0.1) is 0 Å². The molecule has 1 saturated carbocycles. The topological polar surface area (TPSA) is 46.3 Å². The van der Waals surface area contributed by atoms with Crippen molar-refractivity contribution in [2.24, 2.45) is 5.73 Å². The van der Waals surface area contributed by atoms with E-state index in [1.54, 1.807) is 0 Å². The van der Waals surface area contributed by atoms with E-state index in [0.29, 0.717) is 0 Å². The average Bonchev–Trinajstić information content (AvgIpc) is 2.85. The van der Waals surface area contributed by atoms with Crippen LogP contribution in [-0.4, -0.2) is 16.3 Å². The van der Waals surface area contributed by atoms with E-state index in [9.17, 15) is 4.79 Å². The summed E-state index contributed by atoms with van der Waals surface area (Å²) in [6.45, 7) is 1.46. The normalized spacial score (nSPS) is 21.3. The van der Waals surface area contributed by atoms with Crippen LogP contribution in [0.1, 0.15) is 24.0 Å². The largest absolute Gasteiger partial charge is 0.332 e. The Bertz CT molecular complexity index is 398. The maximum atomic E-state index is 12.0. The number of hydrogen-bond donors (Lipinski definition) is 1. The van der Waals surface area contributed by atoms with Crippen molar-refractivity contribution in [3.8, 4) is 0 Å². The zero-order chi connectivity index (χ0) is 10.5. The second-order valence-electron chi connectivity index (χ2n) is 4.59. The number of carbonyl (C=O) groups is 1. The van der Waals surface area contributed by atoms with Crippen molar-refractivity contribution in [3.05, 3.63) is 35.4 Å². The van der Waals surface area contributed by atoms with Crippen molar-refractivity contribution in [1.82, 2.24) is 4.90 Å². The van der Waals surface area contributed by atoms with E-state index in [0.717, 1.165) is 25.9 Å². The fraction of sp³-hybridized carbons (Fsp3) is 0.417. The van der Waals surface area contributed by atoms with Gasteiger partial charge in [-0.05, 0) is 24.0 Å². The molecule has 78 valence electrons. The van der Waals surface area contributed by atoms with Gasteiger partial charge >= 0.3 is 0 Å². The van der Waals surface area contributed by atoms with Crippen molar-refractivity contribution < 1.29 is 4.79 Å². The lowest BCUT2D eigenvalue weighted by Gasteiger charge is -2.19. The van der Waals surface area contributed by atoms with Crippen LogP contribution in [0.25, 0.3) is 0 Å². The van der Waals surface area contributed by atoms with E-state index < -0.39 is 5.54 Å². The fourth-order valence-corrected chi connectivity index (χ4v) is 2.14. The Kier molecular flexibility index (Phi) is 1.68. The molecule has 3 heteroatoms. The van der Waals surface area contributed by atoms with Crippen LogP contribution < -0.4 is 5.73 Å². The van der Waals surface area contributed by atoms with E-state index in [4.69, 9.17) is 5.73 Å². The lowest BCUT2D eigenvalue weighted by Crippen LogP contribution is -2.43. The van der Waals surface area contributed by atoms with Gasteiger partial charge in [-0.1, -0.05) is 24.3 Å². The Balaban J connectivity index is 1.81. The summed E-state index contributed by atoms with van der Waals surface area (Å²) >= 11 is 0. The highest BCUT2D eigenvalue weighted by molar-refractivity contribution is 5.89. The highest BCUT2D eigenvalue weighted by Gasteiger charge is 2.48. The molecule has 3 rings (SSSR count). The van der Waals surface area contributed by atoms with Crippen LogP contribution in [-0.2, 0) is 17.9 Å². The summed E-state index contributed by atoms with van der Waals surface area (Å²) in [6, 6.07) is 8.20. The monoisotopic (exact) mass is 202 g/mol. The molecular formula is C12H14N2O. The van der Waals surface area contributed by atoms with Crippen molar-refractivity contribution in [2.45, 2.75) is 31.5 Å². The van der Waals surface area contributed by atoms with Gasteiger partial charge in [0.25, 0.3) is 0 Å². The highest BCUT2D eigenvalue weighted by Crippen LogP contribution is 2.36. The first-order chi connectivity index (χ1) is 7.19. The molecule has 0 radical (unpaired) electrons. The van der Waals surface area contributed by atoms with Gasteiger partial charge in [-0.3, -0.25) is 4.79 Å². The summed E-state index contributed by atoms with van der Waals surface area (Å²) in [6.07, 6.45) is 1.69. The number of amides is 1.